The van der Waals surface area contributed by atoms with Gasteiger partial charge in [-0.3, -0.25) is 4.79 Å². The number of anilines is 1. The van der Waals surface area contributed by atoms with Crippen molar-refractivity contribution in [2.75, 3.05) is 11.9 Å². The van der Waals surface area contributed by atoms with Gasteiger partial charge in [-0.15, -0.1) is 0 Å². The average molecular weight is 265 g/mol. The van der Waals surface area contributed by atoms with Crippen LogP contribution in [-0.4, -0.2) is 34.8 Å². The number of nitrogens with one attached hydrogen (secondary N) is 1. The summed E-state index contributed by atoms with van der Waals surface area (Å²) in [5.74, 6) is -1.73. The number of hydrogen-bond acceptors (Lipinski definition) is 4. The molecular formula is C13H15NO5. The van der Waals surface area contributed by atoms with E-state index in [0.29, 0.717) is 13.0 Å². The maximum absolute atomic E-state index is 11.9. The molecule has 1 aromatic rings. The molecule has 1 unspecified atom stereocenters. The summed E-state index contributed by atoms with van der Waals surface area (Å²) >= 11 is 0. The molecule has 3 N–H and O–H groups in total. The number of carboxylic acid groups (broad SMARTS) is 1. The number of carboxylic acids is 1. The van der Waals surface area contributed by atoms with Crippen molar-refractivity contribution in [2.24, 2.45) is 0 Å². The van der Waals surface area contributed by atoms with Gasteiger partial charge in [-0.1, -0.05) is 0 Å². The Bertz CT molecular complexity index is 494. The highest BCUT2D eigenvalue weighted by atomic mass is 16.5. The zero-order valence-electron chi connectivity index (χ0n) is 10.3. The van der Waals surface area contributed by atoms with E-state index in [1.165, 1.54) is 12.1 Å². The molecule has 0 spiro atoms. The van der Waals surface area contributed by atoms with Gasteiger partial charge in [0.15, 0.2) is 0 Å². The molecule has 102 valence electrons. The number of phenolic OH excluding ortho intramolecular Hbond substituents is 1. The number of rotatable bonds is 3. The average Bonchev–Trinajstić information content (AvgIpc) is 2.41. The Morgan fingerprint density at radius 3 is 2.74 bits per heavy atom. The van der Waals surface area contributed by atoms with Crippen molar-refractivity contribution in [3.8, 4) is 5.75 Å². The van der Waals surface area contributed by atoms with Crippen LogP contribution in [-0.2, 0) is 9.53 Å². The summed E-state index contributed by atoms with van der Waals surface area (Å²) in [5.41, 5.74) is 0.00799. The number of ether oxygens (including phenoxy) is 1. The van der Waals surface area contributed by atoms with E-state index in [2.05, 4.69) is 5.32 Å². The lowest BCUT2D eigenvalue weighted by Crippen LogP contribution is -2.33. The van der Waals surface area contributed by atoms with Crippen LogP contribution in [0.5, 0.6) is 5.75 Å². The Kier molecular flexibility index (Phi) is 4.01. The number of aromatic hydroxyl groups is 1. The molecule has 1 aliphatic rings. The zero-order valence-corrected chi connectivity index (χ0v) is 10.3. The van der Waals surface area contributed by atoms with Gasteiger partial charge in [-0.25, -0.2) is 4.79 Å². The number of benzene rings is 1. The molecule has 6 nitrogen and oxygen atoms in total. The number of phenols is 1. The topological polar surface area (TPSA) is 95.9 Å². The van der Waals surface area contributed by atoms with Crippen LogP contribution in [0.25, 0.3) is 0 Å². The van der Waals surface area contributed by atoms with Gasteiger partial charge in [-0.2, -0.15) is 0 Å². The maximum Gasteiger partial charge on any atom is 0.337 e. The van der Waals surface area contributed by atoms with Gasteiger partial charge in [0.1, 0.15) is 11.9 Å². The highest BCUT2D eigenvalue weighted by molar-refractivity contribution is 6.02. The molecule has 2 rings (SSSR count). The second kappa shape index (κ2) is 5.71. The SMILES string of the molecule is O=C(O)c1cc(O)ccc1NC(=O)C1CCCCO1. The highest BCUT2D eigenvalue weighted by Crippen LogP contribution is 2.22. The molecule has 1 heterocycles. The first kappa shape index (κ1) is 13.4. The summed E-state index contributed by atoms with van der Waals surface area (Å²) < 4.78 is 5.33. The monoisotopic (exact) mass is 265 g/mol. The van der Waals surface area contributed by atoms with Crippen molar-refractivity contribution in [1.29, 1.82) is 0 Å². The van der Waals surface area contributed by atoms with Crippen LogP contribution < -0.4 is 5.32 Å². The van der Waals surface area contributed by atoms with Crippen LogP contribution >= 0.6 is 0 Å². The fourth-order valence-corrected chi connectivity index (χ4v) is 1.98. The van der Waals surface area contributed by atoms with E-state index in [1.54, 1.807) is 0 Å². The number of carbonyl (C=O) groups is 2. The predicted molar refractivity (Wildman–Crippen MR) is 67.3 cm³/mol. The van der Waals surface area contributed by atoms with Gasteiger partial charge in [-0.05, 0) is 37.5 Å². The van der Waals surface area contributed by atoms with Crippen molar-refractivity contribution in [2.45, 2.75) is 25.4 Å². The van der Waals surface area contributed by atoms with Gasteiger partial charge >= 0.3 is 5.97 Å². The van der Waals surface area contributed by atoms with Gasteiger partial charge in [0.25, 0.3) is 5.91 Å². The molecule has 6 heteroatoms. The Balaban J connectivity index is 2.13. The molecule has 1 aliphatic heterocycles. The Morgan fingerprint density at radius 1 is 1.32 bits per heavy atom. The van der Waals surface area contributed by atoms with Crippen molar-refractivity contribution in [3.63, 3.8) is 0 Å². The summed E-state index contributed by atoms with van der Waals surface area (Å²) in [5, 5.41) is 20.8. The summed E-state index contributed by atoms with van der Waals surface area (Å²) in [7, 11) is 0. The molecule has 0 saturated carbocycles. The summed E-state index contributed by atoms with van der Waals surface area (Å²) in [6, 6.07) is 3.78. The van der Waals surface area contributed by atoms with E-state index in [9.17, 15) is 14.7 Å². The highest BCUT2D eigenvalue weighted by Gasteiger charge is 2.23. The minimum Gasteiger partial charge on any atom is -0.508 e. The normalized spacial score (nSPS) is 18.8. The first-order valence-corrected chi connectivity index (χ1v) is 6.06. The van der Waals surface area contributed by atoms with E-state index in [1.807, 2.05) is 0 Å². The summed E-state index contributed by atoms with van der Waals surface area (Å²) in [6.07, 6.45) is 1.94. The van der Waals surface area contributed by atoms with Crippen LogP contribution in [0.15, 0.2) is 18.2 Å². The third-order valence-electron chi connectivity index (χ3n) is 2.96. The van der Waals surface area contributed by atoms with Gasteiger partial charge < -0.3 is 20.3 Å². The molecule has 0 aromatic heterocycles. The molecule has 1 amide bonds. The van der Waals surface area contributed by atoms with Crippen LogP contribution in [0.4, 0.5) is 5.69 Å². The minimum absolute atomic E-state index is 0.149. The third kappa shape index (κ3) is 3.23. The molecule has 0 radical (unpaired) electrons. The van der Waals surface area contributed by atoms with Gasteiger partial charge in [0.2, 0.25) is 0 Å². The molecule has 1 aromatic carbocycles. The smallest absolute Gasteiger partial charge is 0.337 e. The van der Waals surface area contributed by atoms with Crippen LogP contribution in [0.3, 0.4) is 0 Å². The summed E-state index contributed by atoms with van der Waals surface area (Å²) in [4.78, 5) is 23.0. The van der Waals surface area contributed by atoms with E-state index in [0.717, 1.165) is 18.9 Å². The number of carbonyl (C=O) groups excluding carboxylic acids is 1. The second-order valence-corrected chi connectivity index (χ2v) is 4.38. The van der Waals surface area contributed by atoms with Crippen molar-refractivity contribution in [3.05, 3.63) is 23.8 Å². The standard InChI is InChI=1S/C13H15NO5/c15-8-4-5-10(9(7-8)13(17)18)14-12(16)11-3-1-2-6-19-11/h4-5,7,11,15H,1-3,6H2,(H,14,16)(H,17,18). The lowest BCUT2D eigenvalue weighted by molar-refractivity contribution is -0.129. The van der Waals surface area contributed by atoms with E-state index in [4.69, 9.17) is 9.84 Å². The molecule has 19 heavy (non-hydrogen) atoms. The van der Waals surface area contributed by atoms with Crippen molar-refractivity contribution < 1.29 is 24.5 Å². The largest absolute Gasteiger partial charge is 0.508 e. The number of aromatic carboxylic acids is 1. The Hall–Kier alpha value is -2.08. The third-order valence-corrected chi connectivity index (χ3v) is 2.96. The van der Waals surface area contributed by atoms with Crippen LogP contribution in [0, 0.1) is 0 Å². The lowest BCUT2D eigenvalue weighted by Gasteiger charge is -2.22. The second-order valence-electron chi connectivity index (χ2n) is 4.38. The van der Waals surface area contributed by atoms with E-state index >= 15 is 0 Å². The molecule has 1 fully saturated rings. The summed E-state index contributed by atoms with van der Waals surface area (Å²) in [6.45, 7) is 0.541. The fourth-order valence-electron chi connectivity index (χ4n) is 1.98. The molecule has 1 saturated heterocycles. The first-order valence-electron chi connectivity index (χ1n) is 6.06. The quantitative estimate of drug-likeness (QED) is 0.721. The lowest BCUT2D eigenvalue weighted by atomic mass is 10.1. The fraction of sp³-hybridized carbons (Fsp3) is 0.385. The van der Waals surface area contributed by atoms with Crippen LogP contribution in [0.1, 0.15) is 29.6 Å². The minimum atomic E-state index is -1.21. The van der Waals surface area contributed by atoms with Gasteiger partial charge in [0.05, 0.1) is 11.3 Å². The Labute approximate surface area is 110 Å². The predicted octanol–water partition coefficient (Wildman–Crippen LogP) is 1.60. The number of amides is 1. The maximum atomic E-state index is 11.9. The first-order chi connectivity index (χ1) is 9.08. The van der Waals surface area contributed by atoms with E-state index in [-0.39, 0.29) is 22.9 Å². The van der Waals surface area contributed by atoms with Gasteiger partial charge in [0, 0.05) is 6.61 Å². The molecule has 0 bridgehead atoms. The molecular weight excluding hydrogens is 250 g/mol. The molecule has 1 atom stereocenters. The molecule has 0 aliphatic carbocycles. The van der Waals surface area contributed by atoms with Crippen molar-refractivity contribution >= 4 is 17.6 Å². The number of hydrogen-bond donors (Lipinski definition) is 3. The van der Waals surface area contributed by atoms with Crippen molar-refractivity contribution in [1.82, 2.24) is 0 Å². The van der Waals surface area contributed by atoms with E-state index < -0.39 is 12.1 Å². The Morgan fingerprint density at radius 2 is 2.11 bits per heavy atom. The van der Waals surface area contributed by atoms with Crippen LogP contribution in [0.2, 0.25) is 0 Å². The zero-order chi connectivity index (χ0) is 13.8.